The SMILES string of the molecule is FC(F)(F)c1cc(NC2CCN(Cc3ccccn3)C2)ncn1. The fourth-order valence-electron chi connectivity index (χ4n) is 2.62. The number of nitrogens with one attached hydrogen (secondary N) is 1. The highest BCUT2D eigenvalue weighted by atomic mass is 19.4. The first-order valence-electron chi connectivity index (χ1n) is 7.29. The minimum Gasteiger partial charge on any atom is -0.366 e. The second kappa shape index (κ2) is 6.49. The summed E-state index contributed by atoms with van der Waals surface area (Å²) in [6.45, 7) is 2.34. The highest BCUT2D eigenvalue weighted by molar-refractivity contribution is 5.37. The number of aromatic nitrogens is 3. The number of halogens is 3. The summed E-state index contributed by atoms with van der Waals surface area (Å²) in [7, 11) is 0. The molecule has 1 aliphatic heterocycles. The van der Waals surface area contributed by atoms with Crippen molar-refractivity contribution in [2.45, 2.75) is 25.2 Å². The molecule has 0 spiro atoms. The number of rotatable bonds is 4. The van der Waals surface area contributed by atoms with Crippen molar-refractivity contribution in [3.05, 3.63) is 48.2 Å². The molecule has 8 heteroatoms. The van der Waals surface area contributed by atoms with Crippen LogP contribution in [0.15, 0.2) is 36.8 Å². The van der Waals surface area contributed by atoms with E-state index in [1.807, 2.05) is 18.2 Å². The highest BCUT2D eigenvalue weighted by Gasteiger charge is 2.33. The van der Waals surface area contributed by atoms with E-state index in [1.54, 1.807) is 6.20 Å². The zero-order valence-corrected chi connectivity index (χ0v) is 12.3. The van der Waals surface area contributed by atoms with Gasteiger partial charge in [0.2, 0.25) is 0 Å². The van der Waals surface area contributed by atoms with Gasteiger partial charge in [0.05, 0.1) is 5.69 Å². The third-order valence-corrected chi connectivity index (χ3v) is 3.69. The van der Waals surface area contributed by atoms with E-state index in [-0.39, 0.29) is 11.9 Å². The lowest BCUT2D eigenvalue weighted by Gasteiger charge is -2.17. The summed E-state index contributed by atoms with van der Waals surface area (Å²) in [5.41, 5.74) is 0.0490. The van der Waals surface area contributed by atoms with Crippen LogP contribution in [0.3, 0.4) is 0 Å². The fourth-order valence-corrected chi connectivity index (χ4v) is 2.62. The van der Waals surface area contributed by atoms with Crippen molar-refractivity contribution >= 4 is 5.82 Å². The molecule has 1 N–H and O–H groups in total. The van der Waals surface area contributed by atoms with Gasteiger partial charge in [0, 0.05) is 37.9 Å². The molecule has 5 nitrogen and oxygen atoms in total. The fraction of sp³-hybridized carbons (Fsp3) is 0.400. The topological polar surface area (TPSA) is 53.9 Å². The minimum atomic E-state index is -4.46. The van der Waals surface area contributed by atoms with Crippen molar-refractivity contribution in [3.8, 4) is 0 Å². The van der Waals surface area contributed by atoms with Gasteiger partial charge in [-0.05, 0) is 18.6 Å². The average Bonchev–Trinajstić information content (AvgIpc) is 2.95. The van der Waals surface area contributed by atoms with Gasteiger partial charge in [0.15, 0.2) is 0 Å². The predicted molar refractivity (Wildman–Crippen MR) is 78.6 cm³/mol. The molecule has 3 heterocycles. The summed E-state index contributed by atoms with van der Waals surface area (Å²) >= 11 is 0. The number of pyridine rings is 1. The Morgan fingerprint density at radius 1 is 1.22 bits per heavy atom. The lowest BCUT2D eigenvalue weighted by Crippen LogP contribution is -2.26. The van der Waals surface area contributed by atoms with Gasteiger partial charge in [-0.1, -0.05) is 6.07 Å². The molecule has 0 aliphatic carbocycles. The molecule has 1 fully saturated rings. The number of anilines is 1. The van der Waals surface area contributed by atoms with Gasteiger partial charge in [-0.2, -0.15) is 13.2 Å². The normalized spacial score (nSPS) is 19.0. The van der Waals surface area contributed by atoms with Crippen molar-refractivity contribution < 1.29 is 13.2 Å². The average molecular weight is 323 g/mol. The third-order valence-electron chi connectivity index (χ3n) is 3.69. The second-order valence-electron chi connectivity index (χ2n) is 5.47. The van der Waals surface area contributed by atoms with E-state index in [0.717, 1.165) is 44.1 Å². The molecule has 1 unspecified atom stereocenters. The first kappa shape index (κ1) is 15.7. The molecule has 122 valence electrons. The Kier molecular flexibility index (Phi) is 4.42. The standard InChI is InChI=1S/C15H16F3N5/c16-15(17,18)13-7-14(21-10-20-13)22-12-4-6-23(9-12)8-11-3-1-2-5-19-11/h1-3,5,7,10,12H,4,6,8-9H2,(H,20,21,22). The number of hydrogen-bond acceptors (Lipinski definition) is 5. The lowest BCUT2D eigenvalue weighted by molar-refractivity contribution is -0.141. The van der Waals surface area contributed by atoms with Crippen LogP contribution in [0.4, 0.5) is 19.0 Å². The zero-order valence-electron chi connectivity index (χ0n) is 12.3. The van der Waals surface area contributed by atoms with Crippen LogP contribution in [0.2, 0.25) is 0 Å². The van der Waals surface area contributed by atoms with Crippen LogP contribution >= 0.6 is 0 Å². The molecule has 0 bridgehead atoms. The van der Waals surface area contributed by atoms with E-state index in [1.165, 1.54) is 0 Å². The van der Waals surface area contributed by atoms with Crippen molar-refractivity contribution in [2.75, 3.05) is 18.4 Å². The second-order valence-corrected chi connectivity index (χ2v) is 5.47. The van der Waals surface area contributed by atoms with Crippen LogP contribution in [0.1, 0.15) is 17.8 Å². The molecule has 2 aromatic rings. The van der Waals surface area contributed by atoms with Crippen molar-refractivity contribution in [1.29, 1.82) is 0 Å². The van der Waals surface area contributed by atoms with E-state index >= 15 is 0 Å². The number of alkyl halides is 3. The summed E-state index contributed by atoms with van der Waals surface area (Å²) in [5.74, 6) is 0.206. The molecule has 3 rings (SSSR count). The smallest absolute Gasteiger partial charge is 0.366 e. The Hall–Kier alpha value is -2.22. The van der Waals surface area contributed by atoms with Gasteiger partial charge in [0.25, 0.3) is 0 Å². The molecule has 2 aromatic heterocycles. The number of hydrogen-bond donors (Lipinski definition) is 1. The van der Waals surface area contributed by atoms with Crippen LogP contribution < -0.4 is 5.32 Å². The molecule has 0 aromatic carbocycles. The lowest BCUT2D eigenvalue weighted by atomic mass is 10.2. The zero-order chi connectivity index (χ0) is 16.3. The van der Waals surface area contributed by atoms with E-state index in [4.69, 9.17) is 0 Å². The maximum absolute atomic E-state index is 12.7. The largest absolute Gasteiger partial charge is 0.433 e. The summed E-state index contributed by atoms with van der Waals surface area (Å²) in [4.78, 5) is 13.6. The number of likely N-dealkylation sites (tertiary alicyclic amines) is 1. The maximum Gasteiger partial charge on any atom is 0.433 e. The molecule has 1 atom stereocenters. The summed E-state index contributed by atoms with van der Waals surface area (Å²) < 4.78 is 38.0. The van der Waals surface area contributed by atoms with Gasteiger partial charge < -0.3 is 5.32 Å². The maximum atomic E-state index is 12.7. The molecule has 1 saturated heterocycles. The summed E-state index contributed by atoms with van der Waals surface area (Å²) in [6.07, 6.45) is -0.926. The van der Waals surface area contributed by atoms with Gasteiger partial charge in [-0.25, -0.2) is 9.97 Å². The Morgan fingerprint density at radius 2 is 2.09 bits per heavy atom. The Labute approximate surface area is 131 Å². The molecule has 0 saturated carbocycles. The molecule has 0 amide bonds. The van der Waals surface area contributed by atoms with Crippen LogP contribution in [-0.4, -0.2) is 39.0 Å². The summed E-state index contributed by atoms with van der Waals surface area (Å²) in [6, 6.07) is 6.77. The van der Waals surface area contributed by atoms with Gasteiger partial charge in [-0.3, -0.25) is 9.88 Å². The molecule has 1 aliphatic rings. The molecular formula is C15H16F3N5. The Bertz CT molecular complexity index is 647. The van der Waals surface area contributed by atoms with E-state index in [9.17, 15) is 13.2 Å². The Morgan fingerprint density at radius 3 is 2.83 bits per heavy atom. The van der Waals surface area contributed by atoms with E-state index in [2.05, 4.69) is 25.2 Å². The van der Waals surface area contributed by atoms with Crippen LogP contribution in [0.25, 0.3) is 0 Å². The van der Waals surface area contributed by atoms with Crippen LogP contribution in [0, 0.1) is 0 Å². The monoisotopic (exact) mass is 323 g/mol. The van der Waals surface area contributed by atoms with Crippen LogP contribution in [-0.2, 0) is 12.7 Å². The first-order chi connectivity index (χ1) is 11.0. The van der Waals surface area contributed by atoms with Crippen molar-refractivity contribution in [1.82, 2.24) is 19.9 Å². The van der Waals surface area contributed by atoms with E-state index < -0.39 is 11.9 Å². The molecule has 0 radical (unpaired) electrons. The minimum absolute atomic E-state index is 0.0645. The Balaban J connectivity index is 1.58. The van der Waals surface area contributed by atoms with Gasteiger partial charge >= 0.3 is 6.18 Å². The van der Waals surface area contributed by atoms with E-state index in [0.29, 0.717) is 0 Å². The quantitative estimate of drug-likeness (QED) is 0.937. The van der Waals surface area contributed by atoms with Gasteiger partial charge in [-0.15, -0.1) is 0 Å². The van der Waals surface area contributed by atoms with Crippen molar-refractivity contribution in [3.63, 3.8) is 0 Å². The first-order valence-corrected chi connectivity index (χ1v) is 7.29. The molecule has 23 heavy (non-hydrogen) atoms. The van der Waals surface area contributed by atoms with Gasteiger partial charge in [0.1, 0.15) is 17.8 Å². The van der Waals surface area contributed by atoms with Crippen molar-refractivity contribution in [2.24, 2.45) is 0 Å². The summed E-state index contributed by atoms with van der Waals surface area (Å²) in [5, 5.41) is 3.06. The third kappa shape index (κ3) is 4.16. The number of nitrogens with zero attached hydrogens (tertiary/aromatic N) is 4. The predicted octanol–water partition coefficient (Wildman–Crippen LogP) is 2.58. The molecular weight excluding hydrogens is 307 g/mol. The highest BCUT2D eigenvalue weighted by Crippen LogP contribution is 2.28. The van der Waals surface area contributed by atoms with Crippen LogP contribution in [0.5, 0.6) is 0 Å².